The van der Waals surface area contributed by atoms with Crippen molar-refractivity contribution in [1.29, 1.82) is 0 Å². The average Bonchev–Trinajstić information content (AvgIpc) is 2.33. The Morgan fingerprint density at radius 2 is 2.05 bits per heavy atom. The number of aliphatic carboxylic acids is 1. The number of rotatable bonds is 8. The first-order valence-corrected chi connectivity index (χ1v) is 7.39. The molecule has 0 aromatic heterocycles. The third kappa shape index (κ3) is 7.51. The summed E-state index contributed by atoms with van der Waals surface area (Å²) in [5.74, 6) is 0.651. The first kappa shape index (κ1) is 15.6. The van der Waals surface area contributed by atoms with Crippen LogP contribution in [0, 0.1) is 6.92 Å². The van der Waals surface area contributed by atoms with Gasteiger partial charge in [0.15, 0.2) is 0 Å². The van der Waals surface area contributed by atoms with Crippen LogP contribution in [0.4, 0.5) is 5.69 Å². The summed E-state index contributed by atoms with van der Waals surface area (Å²) in [6.07, 6.45) is 1.41. The molecule has 1 aromatic carbocycles. The third-order valence-corrected chi connectivity index (χ3v) is 3.52. The molecule has 0 atom stereocenters. The molecule has 0 spiro atoms. The Hall–Kier alpha value is -1.49. The second kappa shape index (κ2) is 8.58. The van der Waals surface area contributed by atoms with Gasteiger partial charge in [-0.05, 0) is 36.8 Å². The van der Waals surface area contributed by atoms with Gasteiger partial charge >= 0.3 is 5.97 Å². The van der Waals surface area contributed by atoms with Crippen LogP contribution in [0.3, 0.4) is 0 Å². The highest BCUT2D eigenvalue weighted by atomic mass is 32.2. The number of carboxylic acids is 1. The topological polar surface area (TPSA) is 66.4 Å². The minimum Gasteiger partial charge on any atom is -0.481 e. The van der Waals surface area contributed by atoms with Gasteiger partial charge in [0.2, 0.25) is 5.91 Å². The molecule has 0 heterocycles. The zero-order chi connectivity index (χ0) is 14.1. The Morgan fingerprint density at radius 1 is 1.26 bits per heavy atom. The van der Waals surface area contributed by atoms with Crippen LogP contribution in [0.25, 0.3) is 0 Å². The van der Waals surface area contributed by atoms with E-state index < -0.39 is 5.97 Å². The Kier molecular flexibility index (Phi) is 7.03. The maximum atomic E-state index is 11.7. The molecule has 2 N–H and O–H groups in total. The SMILES string of the molecule is Cc1cccc(NC(=O)CCCSCCC(=O)O)c1. The van der Waals surface area contributed by atoms with Crippen LogP contribution in [0.2, 0.25) is 0 Å². The lowest BCUT2D eigenvalue weighted by Crippen LogP contribution is -2.11. The number of carbonyl (C=O) groups excluding carboxylic acids is 1. The first-order valence-electron chi connectivity index (χ1n) is 6.24. The molecule has 19 heavy (non-hydrogen) atoms. The predicted octanol–water partition coefficient (Wildman–Crippen LogP) is 2.92. The van der Waals surface area contributed by atoms with Crippen LogP contribution >= 0.6 is 11.8 Å². The van der Waals surface area contributed by atoms with Crippen molar-refractivity contribution in [3.8, 4) is 0 Å². The van der Waals surface area contributed by atoms with Gasteiger partial charge in [0.25, 0.3) is 0 Å². The lowest BCUT2D eigenvalue weighted by molar-refractivity contribution is -0.136. The lowest BCUT2D eigenvalue weighted by Gasteiger charge is -2.05. The fraction of sp³-hybridized carbons (Fsp3) is 0.429. The summed E-state index contributed by atoms with van der Waals surface area (Å²) in [6.45, 7) is 1.98. The highest BCUT2D eigenvalue weighted by Crippen LogP contribution is 2.11. The molecule has 0 saturated carbocycles. The number of benzene rings is 1. The summed E-state index contributed by atoms with van der Waals surface area (Å²) in [4.78, 5) is 21.9. The molecule has 0 bridgehead atoms. The van der Waals surface area contributed by atoms with E-state index >= 15 is 0 Å². The molecule has 0 aliphatic heterocycles. The van der Waals surface area contributed by atoms with E-state index in [0.29, 0.717) is 12.2 Å². The van der Waals surface area contributed by atoms with Crippen molar-refractivity contribution in [2.45, 2.75) is 26.2 Å². The number of hydrogen-bond donors (Lipinski definition) is 2. The summed E-state index contributed by atoms with van der Waals surface area (Å²) in [7, 11) is 0. The summed E-state index contributed by atoms with van der Waals surface area (Å²) in [6, 6.07) is 7.69. The normalized spacial score (nSPS) is 10.2. The van der Waals surface area contributed by atoms with Gasteiger partial charge < -0.3 is 10.4 Å². The molecule has 0 saturated heterocycles. The second-order valence-electron chi connectivity index (χ2n) is 4.28. The van der Waals surface area contributed by atoms with Crippen LogP contribution in [0.15, 0.2) is 24.3 Å². The Morgan fingerprint density at radius 3 is 2.74 bits per heavy atom. The number of anilines is 1. The maximum absolute atomic E-state index is 11.7. The van der Waals surface area contributed by atoms with E-state index in [2.05, 4.69) is 5.32 Å². The summed E-state index contributed by atoms with van der Waals surface area (Å²) >= 11 is 1.57. The molecule has 4 nitrogen and oxygen atoms in total. The van der Waals surface area contributed by atoms with Gasteiger partial charge in [-0.25, -0.2) is 0 Å². The number of hydrogen-bond acceptors (Lipinski definition) is 3. The van der Waals surface area contributed by atoms with Gasteiger partial charge in [0.05, 0.1) is 6.42 Å². The minimum atomic E-state index is -0.773. The molecule has 0 aliphatic rings. The van der Waals surface area contributed by atoms with Gasteiger partial charge in [-0.2, -0.15) is 11.8 Å². The maximum Gasteiger partial charge on any atom is 0.304 e. The van der Waals surface area contributed by atoms with Crippen molar-refractivity contribution in [1.82, 2.24) is 0 Å². The molecule has 0 radical (unpaired) electrons. The lowest BCUT2D eigenvalue weighted by atomic mass is 10.2. The highest BCUT2D eigenvalue weighted by molar-refractivity contribution is 7.99. The second-order valence-corrected chi connectivity index (χ2v) is 5.50. The van der Waals surface area contributed by atoms with Crippen molar-refractivity contribution in [2.24, 2.45) is 0 Å². The van der Waals surface area contributed by atoms with E-state index in [9.17, 15) is 9.59 Å². The largest absolute Gasteiger partial charge is 0.481 e. The van der Waals surface area contributed by atoms with Gasteiger partial charge in [0, 0.05) is 17.9 Å². The zero-order valence-electron chi connectivity index (χ0n) is 11.0. The molecule has 5 heteroatoms. The number of carbonyl (C=O) groups is 2. The van der Waals surface area contributed by atoms with Crippen LogP contribution < -0.4 is 5.32 Å². The smallest absolute Gasteiger partial charge is 0.304 e. The standard InChI is InChI=1S/C14H19NO3S/c1-11-4-2-5-12(10-11)15-13(16)6-3-8-19-9-7-14(17)18/h2,4-5,10H,3,6-9H2,1H3,(H,15,16)(H,17,18). The first-order chi connectivity index (χ1) is 9.08. The Balaban J connectivity index is 2.13. The summed E-state index contributed by atoms with van der Waals surface area (Å²) in [5, 5.41) is 11.3. The molecule has 104 valence electrons. The molecular formula is C14H19NO3S. The molecule has 0 aliphatic carbocycles. The van der Waals surface area contributed by atoms with E-state index in [1.807, 2.05) is 31.2 Å². The number of thioether (sulfide) groups is 1. The van der Waals surface area contributed by atoms with Crippen molar-refractivity contribution >= 4 is 29.3 Å². The Bertz CT molecular complexity index is 434. The van der Waals surface area contributed by atoms with Gasteiger partial charge in [-0.3, -0.25) is 9.59 Å². The number of aryl methyl sites for hydroxylation is 1. The average molecular weight is 281 g/mol. The highest BCUT2D eigenvalue weighted by Gasteiger charge is 2.03. The van der Waals surface area contributed by atoms with Crippen molar-refractivity contribution in [2.75, 3.05) is 16.8 Å². The van der Waals surface area contributed by atoms with Gasteiger partial charge in [-0.15, -0.1) is 0 Å². The third-order valence-electron chi connectivity index (χ3n) is 2.45. The number of amides is 1. The molecule has 1 rings (SSSR count). The Labute approximate surface area is 117 Å². The summed E-state index contributed by atoms with van der Waals surface area (Å²) in [5.41, 5.74) is 1.94. The predicted molar refractivity (Wildman–Crippen MR) is 78.6 cm³/mol. The number of nitrogens with one attached hydrogen (secondary N) is 1. The molecular weight excluding hydrogens is 262 g/mol. The fourth-order valence-corrected chi connectivity index (χ4v) is 2.41. The zero-order valence-corrected chi connectivity index (χ0v) is 11.8. The molecule has 0 unspecified atom stereocenters. The fourth-order valence-electron chi connectivity index (χ4n) is 1.54. The minimum absolute atomic E-state index is 0.00411. The van der Waals surface area contributed by atoms with Crippen LogP contribution in [0.5, 0.6) is 0 Å². The van der Waals surface area contributed by atoms with Crippen molar-refractivity contribution in [3.05, 3.63) is 29.8 Å². The van der Waals surface area contributed by atoms with E-state index in [-0.39, 0.29) is 12.3 Å². The van der Waals surface area contributed by atoms with Crippen LogP contribution in [0.1, 0.15) is 24.8 Å². The van der Waals surface area contributed by atoms with E-state index in [0.717, 1.165) is 23.4 Å². The monoisotopic (exact) mass is 281 g/mol. The molecule has 1 aromatic rings. The molecule has 1 amide bonds. The number of carboxylic acid groups (broad SMARTS) is 1. The summed E-state index contributed by atoms with van der Waals surface area (Å²) < 4.78 is 0. The van der Waals surface area contributed by atoms with Crippen molar-refractivity contribution < 1.29 is 14.7 Å². The van der Waals surface area contributed by atoms with E-state index in [1.165, 1.54) is 0 Å². The quantitative estimate of drug-likeness (QED) is 0.719. The van der Waals surface area contributed by atoms with Crippen LogP contribution in [-0.4, -0.2) is 28.5 Å². The van der Waals surface area contributed by atoms with E-state index in [1.54, 1.807) is 11.8 Å². The van der Waals surface area contributed by atoms with Gasteiger partial charge in [0.1, 0.15) is 0 Å². The van der Waals surface area contributed by atoms with E-state index in [4.69, 9.17) is 5.11 Å². The molecule has 0 fully saturated rings. The van der Waals surface area contributed by atoms with Crippen molar-refractivity contribution in [3.63, 3.8) is 0 Å². The van der Waals surface area contributed by atoms with Crippen LogP contribution in [-0.2, 0) is 9.59 Å². The van der Waals surface area contributed by atoms with Gasteiger partial charge in [-0.1, -0.05) is 12.1 Å².